The van der Waals surface area contributed by atoms with Crippen LogP contribution in [-0.4, -0.2) is 70.5 Å². The second kappa shape index (κ2) is 10.7. The van der Waals surface area contributed by atoms with Crippen molar-refractivity contribution in [1.82, 2.24) is 20.1 Å². The summed E-state index contributed by atoms with van der Waals surface area (Å²) in [5.74, 6) is -0.717. The Balaban J connectivity index is 1.43. The fourth-order valence-corrected chi connectivity index (χ4v) is 5.79. The van der Waals surface area contributed by atoms with Crippen LogP contribution in [0.1, 0.15) is 47.2 Å². The lowest BCUT2D eigenvalue weighted by atomic mass is 9.94. The molecule has 2 saturated carbocycles. The van der Waals surface area contributed by atoms with Crippen molar-refractivity contribution >= 4 is 16.7 Å². The Hall–Kier alpha value is -3.11. The molecule has 4 N–H and O–H groups in total. The van der Waals surface area contributed by atoms with Crippen LogP contribution in [0.25, 0.3) is 21.9 Å². The van der Waals surface area contributed by atoms with Gasteiger partial charge in [0, 0.05) is 67.4 Å². The number of hydrogen-bond acceptors (Lipinski definition) is 6. The number of carbonyl (C=O) groups is 1. The van der Waals surface area contributed by atoms with Crippen molar-refractivity contribution in [2.24, 2.45) is 5.41 Å². The number of carbonyl (C=O) groups excluding carboxylic acids is 1. The van der Waals surface area contributed by atoms with Gasteiger partial charge in [0.1, 0.15) is 5.82 Å². The van der Waals surface area contributed by atoms with Crippen LogP contribution >= 0.6 is 0 Å². The lowest BCUT2D eigenvalue weighted by Gasteiger charge is -2.33. The first-order chi connectivity index (χ1) is 19.3. The highest BCUT2D eigenvalue weighted by atomic mass is 19.1. The molecule has 0 radical (unpaired) electrons. The lowest BCUT2D eigenvalue weighted by molar-refractivity contribution is 0.0950. The lowest BCUT2D eigenvalue weighted by Crippen LogP contribution is -2.51. The van der Waals surface area contributed by atoms with Crippen LogP contribution in [0, 0.1) is 18.2 Å². The molecule has 1 amide bonds. The Morgan fingerprint density at radius 2 is 1.98 bits per heavy atom. The fraction of sp³-hybridized carbons (Fsp3) is 0.484. The number of aromatic nitrogens is 1. The zero-order valence-corrected chi connectivity index (χ0v) is 22.9. The normalized spacial score (nSPS) is 20.6. The Morgan fingerprint density at radius 3 is 2.67 bits per heavy atom. The third-order valence-corrected chi connectivity index (χ3v) is 8.75. The van der Waals surface area contributed by atoms with Gasteiger partial charge < -0.3 is 25.4 Å². The van der Waals surface area contributed by atoms with E-state index in [9.17, 15) is 19.8 Å². The van der Waals surface area contributed by atoms with Crippen molar-refractivity contribution in [3.8, 4) is 11.1 Å². The maximum absolute atomic E-state index is 15.0. The smallest absolute Gasteiger partial charge is 0.258 e. The summed E-state index contributed by atoms with van der Waals surface area (Å²) in [7, 11) is 0. The Kier molecular flexibility index (Phi) is 7.25. The van der Waals surface area contributed by atoms with Crippen molar-refractivity contribution in [2.45, 2.75) is 57.8 Å². The van der Waals surface area contributed by atoms with E-state index in [0.29, 0.717) is 36.1 Å². The molecule has 212 valence electrons. The molecule has 3 fully saturated rings. The number of pyridine rings is 1. The molecule has 8 nitrogen and oxygen atoms in total. The van der Waals surface area contributed by atoms with Crippen molar-refractivity contribution in [3.63, 3.8) is 0 Å². The highest BCUT2D eigenvalue weighted by Gasteiger charge is 2.42. The standard InChI is InChI=1S/C31H37FN4O4/c1-19-26(11-21(12-28(19)32)29(39)34-23-3-4-23)20-2-5-25-27(10-20)22(13-35-9-8-33-24(15-35)16-37)14-36(30(25)40)17-31(18-38)6-7-31/h2,5,10-12,14,23-24,33,37-38H,3-4,6-9,13,15-18H2,1H3,(H,34,39)/t24-/m1/s1. The number of hydrogen-bond donors (Lipinski definition) is 4. The fourth-order valence-electron chi connectivity index (χ4n) is 5.79. The minimum Gasteiger partial charge on any atom is -0.396 e. The van der Waals surface area contributed by atoms with Gasteiger partial charge in [0.2, 0.25) is 0 Å². The topological polar surface area (TPSA) is 107 Å². The maximum atomic E-state index is 15.0. The highest BCUT2D eigenvalue weighted by molar-refractivity contribution is 5.97. The predicted octanol–water partition coefficient (Wildman–Crippen LogP) is 2.55. The molecule has 6 rings (SSSR count). The van der Waals surface area contributed by atoms with Crippen molar-refractivity contribution < 1.29 is 19.4 Å². The molecule has 1 atom stereocenters. The summed E-state index contributed by atoms with van der Waals surface area (Å²) in [4.78, 5) is 28.6. The van der Waals surface area contributed by atoms with Gasteiger partial charge in [-0.05, 0) is 84.5 Å². The van der Waals surface area contributed by atoms with Crippen LogP contribution < -0.4 is 16.2 Å². The van der Waals surface area contributed by atoms with Crippen molar-refractivity contribution in [1.29, 1.82) is 0 Å². The number of nitrogens with zero attached hydrogens (tertiary/aromatic N) is 2. The van der Waals surface area contributed by atoms with E-state index in [4.69, 9.17) is 0 Å². The Bertz CT molecular complexity index is 1510. The molecule has 0 unspecified atom stereocenters. The Labute approximate surface area is 232 Å². The highest BCUT2D eigenvalue weighted by Crippen LogP contribution is 2.46. The van der Waals surface area contributed by atoms with E-state index < -0.39 is 5.82 Å². The number of rotatable bonds is 9. The molecule has 3 aromatic rings. The molecule has 0 spiro atoms. The van der Waals surface area contributed by atoms with Crippen molar-refractivity contribution in [3.05, 3.63) is 69.4 Å². The average Bonchev–Trinajstić information content (AvgIpc) is 3.90. The van der Waals surface area contributed by atoms with E-state index in [2.05, 4.69) is 15.5 Å². The maximum Gasteiger partial charge on any atom is 0.258 e. The molecule has 1 aromatic heterocycles. The van der Waals surface area contributed by atoms with Crippen LogP contribution in [0.5, 0.6) is 0 Å². The van der Waals surface area contributed by atoms with Gasteiger partial charge >= 0.3 is 0 Å². The van der Waals surface area contributed by atoms with Crippen LogP contribution in [0.15, 0.2) is 41.3 Å². The SMILES string of the molecule is Cc1c(F)cc(C(=O)NC2CC2)cc1-c1ccc2c(=O)n(CC3(CO)CC3)cc(CN3CCN[C@@H](CO)C3)c2c1. The number of benzene rings is 2. The van der Waals surface area contributed by atoms with Gasteiger partial charge in [-0.25, -0.2) is 4.39 Å². The number of halogens is 1. The number of fused-ring (bicyclic) bond motifs is 1. The Morgan fingerprint density at radius 1 is 1.18 bits per heavy atom. The molecule has 3 aliphatic rings. The van der Waals surface area contributed by atoms with Gasteiger partial charge in [0.05, 0.1) is 13.2 Å². The van der Waals surface area contributed by atoms with Gasteiger partial charge in [-0.15, -0.1) is 0 Å². The first-order valence-corrected chi connectivity index (χ1v) is 14.2. The first-order valence-electron chi connectivity index (χ1n) is 14.2. The van der Waals surface area contributed by atoms with Gasteiger partial charge in [-0.2, -0.15) is 0 Å². The number of nitrogens with one attached hydrogen (secondary N) is 2. The van der Waals surface area contributed by atoms with Crippen LogP contribution in [-0.2, 0) is 13.1 Å². The second-order valence-electron chi connectivity index (χ2n) is 12.0. The molecule has 1 saturated heterocycles. The van der Waals surface area contributed by atoms with E-state index in [1.54, 1.807) is 23.6 Å². The zero-order valence-electron chi connectivity index (χ0n) is 22.9. The molecular weight excluding hydrogens is 511 g/mol. The van der Waals surface area contributed by atoms with E-state index in [1.165, 1.54) is 6.07 Å². The van der Waals surface area contributed by atoms with Gasteiger partial charge in [-0.1, -0.05) is 6.07 Å². The van der Waals surface area contributed by atoms with E-state index in [0.717, 1.165) is 55.3 Å². The minimum atomic E-state index is -0.441. The summed E-state index contributed by atoms with van der Waals surface area (Å²) in [5.41, 5.74) is 2.72. The largest absolute Gasteiger partial charge is 0.396 e. The van der Waals surface area contributed by atoms with Gasteiger partial charge in [0.15, 0.2) is 0 Å². The zero-order chi connectivity index (χ0) is 28.0. The third-order valence-electron chi connectivity index (χ3n) is 8.75. The molecule has 9 heteroatoms. The van der Waals surface area contributed by atoms with Crippen LogP contribution in [0.4, 0.5) is 4.39 Å². The van der Waals surface area contributed by atoms with E-state index >= 15 is 4.39 Å². The van der Waals surface area contributed by atoms with Crippen LogP contribution in [0.3, 0.4) is 0 Å². The summed E-state index contributed by atoms with van der Waals surface area (Å²) in [6.45, 7) is 5.11. The van der Waals surface area contributed by atoms with Crippen molar-refractivity contribution in [2.75, 3.05) is 32.8 Å². The summed E-state index contributed by atoms with van der Waals surface area (Å²) in [6.07, 6.45) is 5.60. The molecule has 40 heavy (non-hydrogen) atoms. The number of piperazine rings is 1. The minimum absolute atomic E-state index is 0.0132. The van der Waals surface area contributed by atoms with Gasteiger partial charge in [0.25, 0.3) is 11.5 Å². The van der Waals surface area contributed by atoms with Crippen LogP contribution in [0.2, 0.25) is 0 Å². The second-order valence-corrected chi connectivity index (χ2v) is 12.0. The average molecular weight is 549 g/mol. The summed E-state index contributed by atoms with van der Waals surface area (Å²) >= 11 is 0. The number of aliphatic hydroxyl groups excluding tert-OH is 2. The molecule has 2 aromatic carbocycles. The van der Waals surface area contributed by atoms with Gasteiger partial charge in [-0.3, -0.25) is 14.5 Å². The molecular formula is C31H37FN4O4. The third kappa shape index (κ3) is 5.43. The summed E-state index contributed by atoms with van der Waals surface area (Å²) in [6, 6.07) is 8.74. The van der Waals surface area contributed by atoms with E-state index in [1.807, 2.05) is 18.3 Å². The monoisotopic (exact) mass is 548 g/mol. The number of aliphatic hydroxyl groups is 2. The molecule has 0 bridgehead atoms. The summed E-state index contributed by atoms with van der Waals surface area (Å²) < 4.78 is 16.8. The summed E-state index contributed by atoms with van der Waals surface area (Å²) in [5, 5.41) is 27.2. The first kappa shape index (κ1) is 27.1. The van der Waals surface area contributed by atoms with E-state index in [-0.39, 0.29) is 47.7 Å². The molecule has 2 heterocycles. The predicted molar refractivity (Wildman–Crippen MR) is 152 cm³/mol. The quantitative estimate of drug-likeness (QED) is 0.328. The number of amides is 1. The molecule has 2 aliphatic carbocycles. The molecule has 1 aliphatic heterocycles.